The van der Waals surface area contributed by atoms with Gasteiger partial charge in [0.05, 0.1) is 37.8 Å². The van der Waals surface area contributed by atoms with Gasteiger partial charge in [-0.15, -0.1) is 0 Å². The zero-order valence-corrected chi connectivity index (χ0v) is 47.2. The first-order valence-electron chi connectivity index (χ1n) is 27.8. The van der Waals surface area contributed by atoms with Crippen molar-refractivity contribution in [2.75, 3.05) is 33.4 Å². The summed E-state index contributed by atoms with van der Waals surface area (Å²) in [5.41, 5.74) is -0.737. The number of hydrogen-bond acceptors (Lipinski definition) is 12. The fraction of sp³-hybridized carbons (Fsp3) is 0.737. The Kier molecular flexibility index (Phi) is 22.3. The number of amides is 7. The lowest BCUT2D eigenvalue weighted by Crippen LogP contribution is -2.57. The molecule has 0 bridgehead atoms. The van der Waals surface area contributed by atoms with E-state index >= 15 is 0 Å². The molecule has 19 nitrogen and oxygen atoms in total. The molecule has 19 heteroatoms. The van der Waals surface area contributed by atoms with Crippen molar-refractivity contribution in [3.8, 4) is 0 Å². The van der Waals surface area contributed by atoms with Gasteiger partial charge in [0.15, 0.2) is 0 Å². The molecule has 4 aliphatic rings. The number of ether oxygens (including phenoxy) is 4. The van der Waals surface area contributed by atoms with Crippen molar-refractivity contribution in [1.29, 1.82) is 0 Å². The maximum absolute atomic E-state index is 14.1. The van der Waals surface area contributed by atoms with E-state index < -0.39 is 89.0 Å². The van der Waals surface area contributed by atoms with Crippen LogP contribution in [0.5, 0.6) is 0 Å². The second kappa shape index (κ2) is 27.5. The fourth-order valence-electron chi connectivity index (χ4n) is 11.5. The summed E-state index contributed by atoms with van der Waals surface area (Å²) < 4.78 is 24.5. The van der Waals surface area contributed by atoms with Gasteiger partial charge in [-0.25, -0.2) is 4.79 Å². The Hall–Kier alpha value is -5.11. The van der Waals surface area contributed by atoms with E-state index in [1.54, 1.807) is 27.9 Å². The number of alkyl carbamates (subject to hydrolysis) is 1. The van der Waals surface area contributed by atoms with Crippen molar-refractivity contribution >= 4 is 41.5 Å². The maximum Gasteiger partial charge on any atom is 0.407 e. The predicted molar refractivity (Wildman–Crippen MR) is 287 cm³/mol. The smallest absolute Gasteiger partial charge is 0.407 e. The molecule has 7 amide bonds. The van der Waals surface area contributed by atoms with E-state index in [4.69, 9.17) is 18.9 Å². The van der Waals surface area contributed by atoms with Crippen molar-refractivity contribution < 1.29 is 57.6 Å². The zero-order chi connectivity index (χ0) is 56.0. The van der Waals surface area contributed by atoms with E-state index in [2.05, 4.69) is 64.1 Å². The van der Waals surface area contributed by atoms with Crippen molar-refractivity contribution in [2.45, 2.75) is 212 Å². The standard InChI is InChI=1S/C57H91N7O12/c1-12-26-55(9,52(71)59-30-37(7)65)33-54(8,13-2)51(70)60-32-46(67)63-42(29-38-17-15-14-16-18-38)50(69)64-41(28-36(5)6)49(68)58-31-45(66)61-39-20-22-40(23-21-39)62-53(72)75-43-25-27-57(34-74-57)48(47(43)73-11)56(10)44(76-56)24-19-35(3)4/h14-19,36-37,39-44,47-48,65H,12-13,20-34H2,1-11H3,(H,58,68)(H,59,71)(H,60,70)(H,61,66)(H,62,72)(H,63,67)(H,64,69)/t37?,39-,40-,41-,42-,43+,44+,47+,48+,54?,55?,56-,57-/m0/s1. The molecule has 1 aromatic carbocycles. The highest BCUT2D eigenvalue weighted by Gasteiger charge is 2.72. The second-order valence-electron chi connectivity index (χ2n) is 23.4. The molecule has 11 atom stereocenters. The molecule has 0 radical (unpaired) electrons. The van der Waals surface area contributed by atoms with Crippen molar-refractivity contribution in [3.63, 3.8) is 0 Å². The van der Waals surface area contributed by atoms with Gasteiger partial charge in [-0.3, -0.25) is 28.8 Å². The average molecular weight is 1070 g/mol. The number of methoxy groups -OCH3 is 1. The number of hydrogen-bond donors (Lipinski definition) is 8. The highest BCUT2D eigenvalue weighted by molar-refractivity contribution is 5.95. The highest BCUT2D eigenvalue weighted by Crippen LogP contribution is 2.59. The van der Waals surface area contributed by atoms with Crippen LogP contribution in [0.1, 0.15) is 152 Å². The molecule has 8 N–H and O–H groups in total. The molecular formula is C57H91N7O12. The molecule has 0 aromatic heterocycles. The molecule has 4 fully saturated rings. The van der Waals surface area contributed by atoms with Gasteiger partial charge in [-0.2, -0.15) is 0 Å². The van der Waals surface area contributed by atoms with Gasteiger partial charge in [0, 0.05) is 43.0 Å². The molecule has 3 unspecified atom stereocenters. The van der Waals surface area contributed by atoms with Crippen LogP contribution in [0.2, 0.25) is 0 Å². The summed E-state index contributed by atoms with van der Waals surface area (Å²) in [6.07, 6.45) is 6.84. The van der Waals surface area contributed by atoms with E-state index in [1.165, 1.54) is 5.57 Å². The number of nitrogens with one attached hydrogen (secondary N) is 7. The van der Waals surface area contributed by atoms with E-state index in [-0.39, 0.29) is 73.9 Å². The van der Waals surface area contributed by atoms with E-state index in [1.807, 2.05) is 58.0 Å². The quantitative estimate of drug-likeness (QED) is 0.0415. The van der Waals surface area contributed by atoms with Crippen LogP contribution in [-0.4, -0.2) is 140 Å². The number of rotatable bonds is 28. The summed E-state index contributed by atoms with van der Waals surface area (Å²) in [6.45, 7) is 18.9. The van der Waals surface area contributed by atoms with Crippen LogP contribution < -0.4 is 37.2 Å². The van der Waals surface area contributed by atoms with Crippen LogP contribution in [-0.2, 0) is 54.1 Å². The van der Waals surface area contributed by atoms with Gasteiger partial charge < -0.3 is 61.3 Å². The summed E-state index contributed by atoms with van der Waals surface area (Å²) in [6, 6.07) is 6.59. The van der Waals surface area contributed by atoms with Crippen molar-refractivity contribution in [3.05, 3.63) is 47.5 Å². The number of aliphatic hydroxyl groups excluding tert-OH is 1. The van der Waals surface area contributed by atoms with Crippen LogP contribution in [0.4, 0.5) is 4.79 Å². The molecule has 426 valence electrons. The molecule has 2 saturated carbocycles. The number of benzene rings is 1. The molecule has 2 heterocycles. The van der Waals surface area contributed by atoms with Gasteiger partial charge in [0.25, 0.3) is 0 Å². The zero-order valence-electron chi connectivity index (χ0n) is 47.2. The number of epoxide rings is 2. The van der Waals surface area contributed by atoms with Crippen molar-refractivity contribution in [1.82, 2.24) is 37.2 Å². The molecule has 2 saturated heterocycles. The largest absolute Gasteiger partial charge is 0.443 e. The Labute approximate surface area is 451 Å². The summed E-state index contributed by atoms with van der Waals surface area (Å²) in [4.78, 5) is 95.0. The second-order valence-corrected chi connectivity index (χ2v) is 23.4. The van der Waals surface area contributed by atoms with Gasteiger partial charge >= 0.3 is 6.09 Å². The van der Waals surface area contributed by atoms with Crippen LogP contribution in [0.15, 0.2) is 42.0 Å². The molecule has 1 aromatic rings. The number of aliphatic hydroxyl groups is 1. The SMILES string of the molecule is CCCC(C)(CC(C)(CC)C(=O)NCC(=O)N[C@@H](Cc1ccccc1)C(=O)N[C@@H](CC(C)C)C(=O)NCC(=O)N[C@H]1CC[C@H](NC(=O)O[C@@H]2CC[C@]3(CO3)[C@@H]([C@@]3(C)O[C@@H]3CC=C(C)C)[C@@H]2OC)CC1)C(=O)NCC(C)O. The minimum absolute atomic E-state index is 0.0312. The lowest BCUT2D eigenvalue weighted by Gasteiger charge is -2.42. The fourth-order valence-corrected chi connectivity index (χ4v) is 11.5. The first-order chi connectivity index (χ1) is 35.9. The van der Waals surface area contributed by atoms with Gasteiger partial charge in [0.2, 0.25) is 35.4 Å². The third-order valence-corrected chi connectivity index (χ3v) is 16.0. The summed E-state index contributed by atoms with van der Waals surface area (Å²) in [5.74, 6) is -2.99. The summed E-state index contributed by atoms with van der Waals surface area (Å²) >= 11 is 0. The lowest BCUT2D eigenvalue weighted by atomic mass is 9.68. The Balaban J connectivity index is 1.10. The molecule has 76 heavy (non-hydrogen) atoms. The Morgan fingerprint density at radius 1 is 0.829 bits per heavy atom. The highest BCUT2D eigenvalue weighted by atomic mass is 16.6. The topological polar surface area (TPSA) is 267 Å². The third kappa shape index (κ3) is 17.2. The van der Waals surface area contributed by atoms with E-state index in [9.17, 15) is 38.7 Å². The third-order valence-electron chi connectivity index (χ3n) is 16.0. The normalized spacial score (nSPS) is 27.4. The van der Waals surface area contributed by atoms with E-state index in [0.29, 0.717) is 58.0 Å². The minimum Gasteiger partial charge on any atom is -0.443 e. The van der Waals surface area contributed by atoms with Crippen LogP contribution in [0.25, 0.3) is 0 Å². The minimum atomic E-state index is -1.13. The Morgan fingerprint density at radius 2 is 1.46 bits per heavy atom. The Morgan fingerprint density at radius 3 is 2.04 bits per heavy atom. The first kappa shape index (κ1) is 61.7. The average Bonchev–Trinajstić information content (AvgIpc) is 4.31. The summed E-state index contributed by atoms with van der Waals surface area (Å²) in [5, 5.41) is 29.6. The Bertz CT molecular complexity index is 2180. The van der Waals surface area contributed by atoms with Gasteiger partial charge in [0.1, 0.15) is 35.5 Å². The molecule has 1 spiro atoms. The molecule has 5 rings (SSSR count). The monoisotopic (exact) mass is 1070 g/mol. The number of carbonyl (C=O) groups excluding carboxylic acids is 7. The predicted octanol–water partition coefficient (Wildman–Crippen LogP) is 4.82. The molecular weight excluding hydrogens is 975 g/mol. The first-order valence-corrected chi connectivity index (χ1v) is 27.8. The molecule has 2 aliphatic heterocycles. The van der Waals surface area contributed by atoms with Crippen LogP contribution in [0.3, 0.4) is 0 Å². The maximum atomic E-state index is 14.1. The number of carbonyl (C=O) groups is 7. The number of allylic oxidation sites excluding steroid dienone is 1. The summed E-state index contributed by atoms with van der Waals surface area (Å²) in [7, 11) is 1.65. The van der Waals surface area contributed by atoms with Gasteiger partial charge in [-0.1, -0.05) is 89.9 Å². The van der Waals surface area contributed by atoms with Gasteiger partial charge in [-0.05, 0) is 110 Å². The van der Waals surface area contributed by atoms with Crippen LogP contribution in [0, 0.1) is 22.7 Å². The van der Waals surface area contributed by atoms with Crippen LogP contribution >= 0.6 is 0 Å². The molecule has 2 aliphatic carbocycles. The van der Waals surface area contributed by atoms with Crippen molar-refractivity contribution in [2.24, 2.45) is 22.7 Å². The lowest BCUT2D eigenvalue weighted by molar-refractivity contribution is -0.139. The van der Waals surface area contributed by atoms with E-state index in [0.717, 1.165) is 18.4 Å².